The van der Waals surface area contributed by atoms with Gasteiger partial charge in [-0.1, -0.05) is 12.1 Å². The third-order valence-electron chi connectivity index (χ3n) is 7.29. The molecule has 0 bridgehead atoms. The summed E-state index contributed by atoms with van der Waals surface area (Å²) in [6.45, 7) is 0.899. The number of anilines is 1. The molecule has 2 aliphatic rings. The van der Waals surface area contributed by atoms with Gasteiger partial charge in [0.05, 0.1) is 36.4 Å². The maximum Gasteiger partial charge on any atom is 0.337 e. The van der Waals surface area contributed by atoms with Crippen LogP contribution in [0.4, 0.5) is 14.5 Å². The van der Waals surface area contributed by atoms with Gasteiger partial charge in [0.1, 0.15) is 17.3 Å². The lowest BCUT2D eigenvalue weighted by Gasteiger charge is -2.36. The van der Waals surface area contributed by atoms with E-state index >= 15 is 0 Å². The van der Waals surface area contributed by atoms with Crippen LogP contribution < -0.4 is 15.2 Å². The van der Waals surface area contributed by atoms with Crippen molar-refractivity contribution in [2.45, 2.75) is 37.5 Å². The Morgan fingerprint density at radius 2 is 1.63 bits per heavy atom. The highest BCUT2D eigenvalue weighted by molar-refractivity contribution is 7.88. The summed E-state index contributed by atoms with van der Waals surface area (Å²) in [5, 5.41) is 4.17. The fourth-order valence-corrected chi connectivity index (χ4v) is 6.66. The van der Waals surface area contributed by atoms with Gasteiger partial charge < -0.3 is 14.4 Å². The number of ether oxygens (including phenoxy) is 2. The third-order valence-corrected chi connectivity index (χ3v) is 9.14. The summed E-state index contributed by atoms with van der Waals surface area (Å²) >= 11 is 0. The highest BCUT2D eigenvalue weighted by Crippen LogP contribution is 2.30. The standard InChI is InChI=1S/C28H30F2N4O6S/c1-39-28(36)20-8-6-19(7-9-20)18-41(37,38)33-12-10-32(11-13-33)25-17-31-34(23-15-21(29)14-22(30)16-23)27(35)26(25)40-24-4-2-3-5-24/h6-9,14-17,24H,2-5,10-13,18H2,1H3. The van der Waals surface area contributed by atoms with Crippen LogP contribution in [0, 0.1) is 11.6 Å². The van der Waals surface area contributed by atoms with Crippen LogP contribution in [0.2, 0.25) is 0 Å². The number of hydrogen-bond acceptors (Lipinski definition) is 8. The second kappa shape index (κ2) is 12.0. The van der Waals surface area contributed by atoms with Gasteiger partial charge in [-0.3, -0.25) is 4.79 Å². The van der Waals surface area contributed by atoms with E-state index in [4.69, 9.17) is 4.74 Å². The summed E-state index contributed by atoms with van der Waals surface area (Å²) in [5.74, 6) is -2.39. The molecule has 0 spiro atoms. The van der Waals surface area contributed by atoms with Crippen LogP contribution in [0.3, 0.4) is 0 Å². The smallest absolute Gasteiger partial charge is 0.337 e. The highest BCUT2D eigenvalue weighted by atomic mass is 32.2. The second-order valence-corrected chi connectivity index (χ2v) is 12.0. The monoisotopic (exact) mass is 588 g/mol. The summed E-state index contributed by atoms with van der Waals surface area (Å²) in [5.41, 5.74) is 0.561. The molecule has 5 rings (SSSR count). The van der Waals surface area contributed by atoms with Gasteiger partial charge in [0.15, 0.2) is 0 Å². The average Bonchev–Trinajstić information content (AvgIpc) is 3.47. The fraction of sp³-hybridized carbons (Fsp3) is 0.393. The molecule has 2 heterocycles. The van der Waals surface area contributed by atoms with Crippen LogP contribution in [0.15, 0.2) is 53.5 Å². The molecule has 0 unspecified atom stereocenters. The average molecular weight is 589 g/mol. The molecule has 0 N–H and O–H groups in total. The number of piperazine rings is 1. The normalized spacial score (nSPS) is 16.6. The van der Waals surface area contributed by atoms with Crippen LogP contribution >= 0.6 is 0 Å². The lowest BCUT2D eigenvalue weighted by atomic mass is 10.1. The molecule has 0 atom stereocenters. The molecule has 1 aliphatic heterocycles. The molecular formula is C28H30F2N4O6S. The first-order chi connectivity index (χ1) is 19.6. The number of sulfonamides is 1. The number of carbonyl (C=O) groups is 1. The Hall–Kier alpha value is -3.84. The van der Waals surface area contributed by atoms with E-state index in [0.717, 1.165) is 42.5 Å². The Bertz CT molecular complexity index is 1560. The van der Waals surface area contributed by atoms with Gasteiger partial charge in [0.2, 0.25) is 15.8 Å². The van der Waals surface area contributed by atoms with Crippen molar-refractivity contribution in [3.05, 3.63) is 81.8 Å². The molecule has 10 nitrogen and oxygen atoms in total. The number of methoxy groups -OCH3 is 1. The van der Waals surface area contributed by atoms with E-state index in [1.165, 1.54) is 29.7 Å². The maximum absolute atomic E-state index is 13.9. The second-order valence-electron chi connectivity index (χ2n) is 10.1. The lowest BCUT2D eigenvalue weighted by molar-refractivity contribution is 0.0600. The molecule has 13 heteroatoms. The first kappa shape index (κ1) is 28.7. The van der Waals surface area contributed by atoms with Gasteiger partial charge in [0.25, 0.3) is 0 Å². The van der Waals surface area contributed by atoms with Crippen LogP contribution in [-0.4, -0.2) is 67.9 Å². The molecule has 0 amide bonds. The molecule has 1 aliphatic carbocycles. The van der Waals surface area contributed by atoms with Crippen LogP contribution in [0.1, 0.15) is 41.6 Å². The first-order valence-corrected chi connectivity index (χ1v) is 14.9. The summed E-state index contributed by atoms with van der Waals surface area (Å²) in [4.78, 5) is 27.0. The molecular weight excluding hydrogens is 558 g/mol. The molecule has 1 aromatic heterocycles. The minimum Gasteiger partial charge on any atom is -0.483 e. The zero-order valence-corrected chi connectivity index (χ0v) is 23.3. The summed E-state index contributed by atoms with van der Waals surface area (Å²) in [6, 6.07) is 8.95. The predicted octanol–water partition coefficient (Wildman–Crippen LogP) is 3.27. The van der Waals surface area contributed by atoms with Crippen LogP contribution in [0.25, 0.3) is 5.69 Å². The molecule has 0 radical (unpaired) electrons. The van der Waals surface area contributed by atoms with Crippen molar-refractivity contribution >= 4 is 21.7 Å². The van der Waals surface area contributed by atoms with Gasteiger partial charge in [0, 0.05) is 32.2 Å². The van der Waals surface area contributed by atoms with E-state index in [1.54, 1.807) is 12.1 Å². The van der Waals surface area contributed by atoms with Crippen LogP contribution in [0.5, 0.6) is 5.75 Å². The number of esters is 1. The lowest BCUT2D eigenvalue weighted by Crippen LogP contribution is -2.49. The molecule has 3 aromatic rings. The van der Waals surface area contributed by atoms with E-state index < -0.39 is 33.2 Å². The molecule has 2 fully saturated rings. The molecule has 1 saturated carbocycles. The quantitative estimate of drug-likeness (QED) is 0.369. The fourth-order valence-electron chi connectivity index (χ4n) is 5.15. The number of carbonyl (C=O) groups excluding carboxylic acids is 1. The van der Waals surface area contributed by atoms with Gasteiger partial charge >= 0.3 is 11.5 Å². The topological polar surface area (TPSA) is 111 Å². The van der Waals surface area contributed by atoms with Gasteiger partial charge in [-0.15, -0.1) is 0 Å². The summed E-state index contributed by atoms with van der Waals surface area (Å²) < 4.78 is 67.2. The molecule has 1 saturated heterocycles. The van der Waals surface area contributed by atoms with Crippen molar-refractivity contribution in [1.29, 1.82) is 0 Å². The van der Waals surface area contributed by atoms with E-state index in [0.29, 0.717) is 22.9 Å². The maximum atomic E-state index is 13.9. The Kier molecular flexibility index (Phi) is 8.36. The largest absolute Gasteiger partial charge is 0.483 e. The summed E-state index contributed by atoms with van der Waals surface area (Å²) in [6.07, 6.45) is 4.74. The number of rotatable bonds is 8. The number of benzene rings is 2. The summed E-state index contributed by atoms with van der Waals surface area (Å²) in [7, 11) is -2.39. The van der Waals surface area contributed by atoms with E-state index in [1.807, 2.05) is 4.90 Å². The highest BCUT2D eigenvalue weighted by Gasteiger charge is 2.31. The molecule has 218 valence electrons. The first-order valence-electron chi connectivity index (χ1n) is 13.3. The Balaban J connectivity index is 1.35. The van der Waals surface area contributed by atoms with Crippen molar-refractivity contribution in [1.82, 2.24) is 14.1 Å². The number of aromatic nitrogens is 2. The van der Waals surface area contributed by atoms with Crippen molar-refractivity contribution < 1.29 is 31.5 Å². The predicted molar refractivity (Wildman–Crippen MR) is 147 cm³/mol. The molecule has 2 aromatic carbocycles. The number of halogens is 2. The SMILES string of the molecule is COC(=O)c1ccc(CS(=O)(=O)N2CCN(c3cnn(-c4cc(F)cc(F)c4)c(=O)c3OC3CCCC3)CC2)cc1. The van der Waals surface area contributed by atoms with E-state index in [9.17, 15) is 26.8 Å². The number of hydrogen-bond donors (Lipinski definition) is 0. The zero-order valence-electron chi connectivity index (χ0n) is 22.5. The van der Waals surface area contributed by atoms with Crippen molar-refractivity contribution in [2.75, 3.05) is 38.2 Å². The van der Waals surface area contributed by atoms with Crippen molar-refractivity contribution in [3.63, 3.8) is 0 Å². The Morgan fingerprint density at radius 1 is 1.00 bits per heavy atom. The van der Waals surface area contributed by atoms with E-state index in [2.05, 4.69) is 9.84 Å². The van der Waals surface area contributed by atoms with Gasteiger partial charge in [-0.2, -0.15) is 14.1 Å². The van der Waals surface area contributed by atoms with Crippen molar-refractivity contribution in [2.24, 2.45) is 0 Å². The van der Waals surface area contributed by atoms with E-state index in [-0.39, 0.29) is 49.5 Å². The van der Waals surface area contributed by atoms with Gasteiger partial charge in [-0.25, -0.2) is 22.0 Å². The minimum absolute atomic E-state index is 0.0265. The van der Waals surface area contributed by atoms with Crippen molar-refractivity contribution in [3.8, 4) is 11.4 Å². The van der Waals surface area contributed by atoms with Gasteiger partial charge in [-0.05, 0) is 55.5 Å². The minimum atomic E-state index is -3.66. The molecule has 41 heavy (non-hydrogen) atoms. The Morgan fingerprint density at radius 3 is 2.24 bits per heavy atom. The number of nitrogens with zero attached hydrogens (tertiary/aromatic N) is 4. The Labute approximate surface area is 236 Å². The van der Waals surface area contributed by atoms with Crippen LogP contribution in [-0.2, 0) is 20.5 Å². The third kappa shape index (κ3) is 6.41. The zero-order chi connectivity index (χ0) is 29.1.